The molecule has 0 saturated carbocycles. The van der Waals surface area contributed by atoms with Crippen LogP contribution in [0.4, 0.5) is 5.69 Å². The molecule has 1 aliphatic heterocycles. The molecule has 2 aromatic carbocycles. The number of halogens is 2. The average Bonchev–Trinajstić information content (AvgIpc) is 3.23. The number of carbonyl (C=O) groups excluding carboxylic acids is 1. The van der Waals surface area contributed by atoms with Crippen molar-refractivity contribution in [2.45, 2.75) is 20.8 Å². The van der Waals surface area contributed by atoms with Crippen LogP contribution in [0.2, 0.25) is 10.0 Å². The molecule has 4 rings (SSSR count). The van der Waals surface area contributed by atoms with Crippen molar-refractivity contribution in [2.24, 2.45) is 4.99 Å². The van der Waals surface area contributed by atoms with Gasteiger partial charge in [0.05, 0.1) is 23.4 Å². The highest BCUT2D eigenvalue weighted by atomic mass is 35.5. The second kappa shape index (κ2) is 9.06. The van der Waals surface area contributed by atoms with Crippen LogP contribution in [0.3, 0.4) is 0 Å². The van der Waals surface area contributed by atoms with Crippen molar-refractivity contribution in [1.29, 1.82) is 0 Å². The Hall–Kier alpha value is -2.67. The van der Waals surface area contributed by atoms with Gasteiger partial charge >= 0.3 is 0 Å². The van der Waals surface area contributed by atoms with Crippen LogP contribution in [0, 0.1) is 20.8 Å². The van der Waals surface area contributed by atoms with Crippen molar-refractivity contribution in [1.82, 2.24) is 9.88 Å². The number of benzene rings is 2. The highest BCUT2D eigenvalue weighted by Crippen LogP contribution is 2.34. The van der Waals surface area contributed by atoms with Crippen LogP contribution in [0.25, 0.3) is 11.8 Å². The van der Waals surface area contributed by atoms with Gasteiger partial charge in [0, 0.05) is 21.4 Å². The molecule has 0 atom stereocenters. The minimum atomic E-state index is -0.182. The summed E-state index contributed by atoms with van der Waals surface area (Å²) in [7, 11) is 1.63. The zero-order valence-corrected chi connectivity index (χ0v) is 20.3. The lowest BCUT2D eigenvalue weighted by Gasteiger charge is -2.14. The number of thioether (sulfide) groups is 1. The van der Waals surface area contributed by atoms with Gasteiger partial charge < -0.3 is 14.6 Å². The normalized spacial score (nSPS) is 16.1. The van der Waals surface area contributed by atoms with Crippen LogP contribution >= 0.6 is 35.0 Å². The zero-order chi connectivity index (χ0) is 23.0. The molecule has 0 bridgehead atoms. The number of aliphatic imine (C=N–C) groups is 1. The molecular weight excluding hydrogens is 465 g/mol. The largest absolute Gasteiger partial charge is 0.495 e. The Morgan fingerprint density at radius 3 is 2.66 bits per heavy atom. The predicted molar refractivity (Wildman–Crippen MR) is 134 cm³/mol. The van der Waals surface area contributed by atoms with Crippen LogP contribution in [-0.4, -0.2) is 22.8 Å². The first-order valence-electron chi connectivity index (χ1n) is 9.86. The maximum absolute atomic E-state index is 12.6. The highest BCUT2D eigenvalue weighted by Gasteiger charge is 2.25. The van der Waals surface area contributed by atoms with Gasteiger partial charge in [0.2, 0.25) is 0 Å². The molecule has 0 spiro atoms. The third-order valence-corrected chi connectivity index (χ3v) is 6.81. The molecule has 3 aromatic rings. The number of methoxy groups -OCH3 is 1. The number of nitrogens with zero attached hydrogens (tertiary/aromatic N) is 2. The summed E-state index contributed by atoms with van der Waals surface area (Å²) >= 11 is 13.7. The smallest absolute Gasteiger partial charge is 0.264 e. The van der Waals surface area contributed by atoms with Crippen LogP contribution in [0.15, 0.2) is 52.4 Å². The van der Waals surface area contributed by atoms with Crippen molar-refractivity contribution in [3.63, 3.8) is 0 Å². The summed E-state index contributed by atoms with van der Waals surface area (Å²) in [6, 6.07) is 13.1. The van der Waals surface area contributed by atoms with Gasteiger partial charge in [0.1, 0.15) is 5.75 Å². The number of hydrogen-bond donors (Lipinski definition) is 1. The average molecular weight is 486 g/mol. The molecule has 0 aliphatic carbocycles. The van der Waals surface area contributed by atoms with E-state index >= 15 is 0 Å². The van der Waals surface area contributed by atoms with Gasteiger partial charge in [-0.05, 0) is 86.1 Å². The fourth-order valence-corrected chi connectivity index (χ4v) is 4.75. The number of ether oxygens (including phenoxy) is 1. The van der Waals surface area contributed by atoms with Crippen molar-refractivity contribution in [3.05, 3.63) is 79.9 Å². The van der Waals surface area contributed by atoms with E-state index in [0.29, 0.717) is 20.1 Å². The minimum absolute atomic E-state index is 0.182. The van der Waals surface area contributed by atoms with E-state index in [9.17, 15) is 4.79 Å². The van der Waals surface area contributed by atoms with Gasteiger partial charge in [-0.3, -0.25) is 4.79 Å². The number of aromatic nitrogens is 1. The van der Waals surface area contributed by atoms with Gasteiger partial charge in [-0.25, -0.2) is 4.99 Å². The number of aryl methyl sites for hydroxylation is 1. The van der Waals surface area contributed by atoms with Crippen LogP contribution in [-0.2, 0) is 4.79 Å². The van der Waals surface area contributed by atoms with Crippen molar-refractivity contribution < 1.29 is 9.53 Å². The van der Waals surface area contributed by atoms with Gasteiger partial charge in [0.15, 0.2) is 5.17 Å². The molecule has 0 unspecified atom stereocenters. The van der Waals surface area contributed by atoms with Crippen LogP contribution in [0.1, 0.15) is 22.5 Å². The Kier molecular flexibility index (Phi) is 6.38. The third kappa shape index (κ3) is 4.31. The molecule has 1 aliphatic rings. The van der Waals surface area contributed by atoms with E-state index < -0.39 is 0 Å². The van der Waals surface area contributed by atoms with E-state index in [1.54, 1.807) is 13.2 Å². The monoisotopic (exact) mass is 485 g/mol. The molecule has 8 heteroatoms. The molecule has 0 radical (unpaired) electrons. The Morgan fingerprint density at radius 1 is 1.12 bits per heavy atom. The van der Waals surface area contributed by atoms with Gasteiger partial charge in [-0.15, -0.1) is 0 Å². The van der Waals surface area contributed by atoms with E-state index in [-0.39, 0.29) is 5.91 Å². The number of amides is 1. The summed E-state index contributed by atoms with van der Waals surface area (Å²) in [5.74, 6) is 0.535. The molecule has 1 amide bonds. The Morgan fingerprint density at radius 2 is 1.91 bits per heavy atom. The fraction of sp³-hybridized carbons (Fsp3) is 0.167. The predicted octanol–water partition coefficient (Wildman–Crippen LogP) is 6.61. The lowest BCUT2D eigenvalue weighted by Crippen LogP contribution is -2.19. The molecule has 2 heterocycles. The van der Waals surface area contributed by atoms with Crippen LogP contribution in [0.5, 0.6) is 5.75 Å². The third-order valence-electron chi connectivity index (χ3n) is 5.25. The van der Waals surface area contributed by atoms with Gasteiger partial charge in [-0.1, -0.05) is 29.3 Å². The topological polar surface area (TPSA) is 55.6 Å². The molecule has 5 nitrogen and oxygen atoms in total. The summed E-state index contributed by atoms with van der Waals surface area (Å²) in [6.07, 6.45) is 1.88. The molecule has 32 heavy (non-hydrogen) atoms. The first-order chi connectivity index (χ1) is 15.3. The van der Waals surface area contributed by atoms with E-state index in [1.165, 1.54) is 11.8 Å². The first-order valence-corrected chi connectivity index (χ1v) is 11.4. The van der Waals surface area contributed by atoms with Gasteiger partial charge in [0.25, 0.3) is 5.91 Å². The summed E-state index contributed by atoms with van der Waals surface area (Å²) in [5, 5.41) is 4.62. The molecule has 1 N–H and O–H groups in total. The highest BCUT2D eigenvalue weighted by molar-refractivity contribution is 8.18. The lowest BCUT2D eigenvalue weighted by molar-refractivity contribution is -0.115. The van der Waals surface area contributed by atoms with Gasteiger partial charge in [-0.2, -0.15) is 0 Å². The Balaban J connectivity index is 1.69. The summed E-state index contributed by atoms with van der Waals surface area (Å²) in [4.78, 5) is 17.7. The molecule has 1 fully saturated rings. The fourth-order valence-electron chi connectivity index (χ4n) is 3.59. The number of rotatable bonds is 4. The summed E-state index contributed by atoms with van der Waals surface area (Å²) < 4.78 is 7.59. The number of nitrogens with one attached hydrogen (secondary N) is 1. The summed E-state index contributed by atoms with van der Waals surface area (Å²) in [6.45, 7) is 5.91. The number of amidine groups is 1. The van der Waals surface area contributed by atoms with E-state index in [4.69, 9.17) is 27.9 Å². The Labute approximate surface area is 201 Å². The SMILES string of the molecule is COc1ccc(Cl)cc1-n1c(C)cc(/C=C2/SC(=Nc3cccc(Cl)c3C)NC2=O)c1C. The van der Waals surface area contributed by atoms with E-state index in [2.05, 4.69) is 14.9 Å². The minimum Gasteiger partial charge on any atom is -0.495 e. The molecular formula is C24H21Cl2N3O2S. The molecule has 164 valence electrons. The second-order valence-electron chi connectivity index (χ2n) is 7.34. The number of carbonyl (C=O) groups is 1. The molecule has 1 aromatic heterocycles. The molecule has 1 saturated heterocycles. The summed E-state index contributed by atoms with van der Waals surface area (Å²) in [5.41, 5.74) is 5.35. The quantitative estimate of drug-likeness (QED) is 0.423. The second-order valence-corrected chi connectivity index (χ2v) is 9.22. The lowest BCUT2D eigenvalue weighted by atomic mass is 10.2. The van der Waals surface area contributed by atoms with Crippen molar-refractivity contribution in [3.8, 4) is 11.4 Å². The maximum atomic E-state index is 12.6. The maximum Gasteiger partial charge on any atom is 0.264 e. The number of hydrogen-bond acceptors (Lipinski definition) is 4. The van der Waals surface area contributed by atoms with E-state index in [1.807, 2.05) is 63.2 Å². The zero-order valence-electron chi connectivity index (χ0n) is 18.0. The van der Waals surface area contributed by atoms with Crippen molar-refractivity contribution in [2.75, 3.05) is 7.11 Å². The van der Waals surface area contributed by atoms with E-state index in [0.717, 1.165) is 39.6 Å². The Bertz CT molecular complexity index is 1290. The van der Waals surface area contributed by atoms with Crippen molar-refractivity contribution >= 4 is 57.8 Å². The standard InChI is InChI=1S/C24H21Cl2N3O2S/c1-13-10-16(15(3)29(13)20-12-17(25)8-9-21(20)31-4)11-22-23(30)28-24(32-22)27-19-7-5-6-18(26)14(19)2/h5-12H,1-4H3,(H,27,28,30)/b22-11+. The van der Waals surface area contributed by atoms with Crippen LogP contribution < -0.4 is 10.1 Å². The first kappa shape index (κ1) is 22.5.